The molecule has 8 nitrogen and oxygen atoms in total. The summed E-state index contributed by atoms with van der Waals surface area (Å²) < 4.78 is 15.4. The maximum Gasteiger partial charge on any atom is 0.321 e. The van der Waals surface area contributed by atoms with Crippen molar-refractivity contribution in [1.29, 1.82) is 0 Å². The minimum Gasteiger partial charge on any atom is -0.336 e. The average Bonchev–Trinajstić information content (AvgIpc) is 3.26. The lowest BCUT2D eigenvalue weighted by Crippen LogP contribution is -2.50. The van der Waals surface area contributed by atoms with Gasteiger partial charge in [0.15, 0.2) is 0 Å². The molecule has 0 aliphatic carbocycles. The molecule has 2 heterocycles. The molecular weight excluding hydrogens is 385 g/mol. The molecule has 4 rings (SSSR count). The van der Waals surface area contributed by atoms with Gasteiger partial charge in [-0.2, -0.15) is 4.68 Å². The molecule has 0 atom stereocenters. The van der Waals surface area contributed by atoms with Gasteiger partial charge in [-0.3, -0.25) is 0 Å². The van der Waals surface area contributed by atoms with Gasteiger partial charge in [-0.1, -0.05) is 30.2 Å². The molecule has 9 heteroatoms. The van der Waals surface area contributed by atoms with Gasteiger partial charge in [0, 0.05) is 31.9 Å². The zero-order chi connectivity index (χ0) is 21.1. The summed E-state index contributed by atoms with van der Waals surface area (Å²) in [6, 6.07) is 12.6. The molecule has 0 bridgehead atoms. The van der Waals surface area contributed by atoms with Crippen molar-refractivity contribution in [3.63, 3.8) is 0 Å². The van der Waals surface area contributed by atoms with E-state index in [0.717, 1.165) is 12.1 Å². The summed E-state index contributed by atoms with van der Waals surface area (Å²) in [4.78, 5) is 16.3. The number of aromatic nitrogens is 4. The van der Waals surface area contributed by atoms with E-state index < -0.39 is 0 Å². The number of hydrogen-bond donors (Lipinski definition) is 1. The van der Waals surface area contributed by atoms with E-state index in [0.29, 0.717) is 43.4 Å². The Morgan fingerprint density at radius 3 is 2.67 bits per heavy atom. The minimum absolute atomic E-state index is 0.242. The highest BCUT2D eigenvalue weighted by atomic mass is 19.1. The van der Waals surface area contributed by atoms with Crippen LogP contribution < -0.4 is 10.2 Å². The lowest BCUT2D eigenvalue weighted by Gasteiger charge is -2.34. The summed E-state index contributed by atoms with van der Waals surface area (Å²) in [5, 5.41) is 15.0. The summed E-state index contributed by atoms with van der Waals surface area (Å²) in [6.45, 7) is 6.03. The number of hydrogen-bond acceptors (Lipinski definition) is 5. The van der Waals surface area contributed by atoms with Crippen molar-refractivity contribution in [2.45, 2.75) is 20.3 Å². The zero-order valence-corrected chi connectivity index (χ0v) is 17.0. The second kappa shape index (κ2) is 8.48. The van der Waals surface area contributed by atoms with Crippen LogP contribution in [0.4, 0.5) is 20.8 Å². The Balaban J connectivity index is 1.41. The fraction of sp³-hybridized carbons (Fsp3) is 0.333. The number of amides is 2. The number of urea groups is 1. The van der Waals surface area contributed by atoms with Gasteiger partial charge in [0.05, 0.1) is 5.69 Å². The number of nitrogens with zero attached hydrogens (tertiary/aromatic N) is 6. The third-order valence-corrected chi connectivity index (χ3v) is 5.29. The average molecular weight is 409 g/mol. The normalized spacial score (nSPS) is 14.1. The van der Waals surface area contributed by atoms with Crippen LogP contribution >= 0.6 is 0 Å². The van der Waals surface area contributed by atoms with Crippen LogP contribution in [0.3, 0.4) is 0 Å². The van der Waals surface area contributed by atoms with Crippen LogP contribution in [0.15, 0.2) is 42.5 Å². The molecule has 1 saturated heterocycles. The Morgan fingerprint density at radius 1 is 1.13 bits per heavy atom. The molecule has 2 aromatic carbocycles. The SMILES string of the molecule is CCc1cccc(-n2nnnc2N2CCN(C(=O)Nc3ccc(C)c(F)c3)CC2)c1. The summed E-state index contributed by atoms with van der Waals surface area (Å²) in [5.41, 5.74) is 3.12. The molecule has 3 aromatic rings. The van der Waals surface area contributed by atoms with Crippen molar-refractivity contribution < 1.29 is 9.18 Å². The summed E-state index contributed by atoms with van der Waals surface area (Å²) in [5.74, 6) is 0.320. The predicted molar refractivity (Wildman–Crippen MR) is 112 cm³/mol. The van der Waals surface area contributed by atoms with E-state index in [1.807, 2.05) is 12.1 Å². The number of carbonyl (C=O) groups excluding carboxylic acids is 1. The topological polar surface area (TPSA) is 79.2 Å². The standard InChI is InChI=1S/C21H24FN7O/c1-3-16-5-4-6-18(13-16)29-20(24-25-26-29)27-9-11-28(12-10-27)21(30)23-17-8-7-15(2)19(22)14-17/h4-8,13-14H,3,9-12H2,1-2H3,(H,23,30). The van der Waals surface area contributed by atoms with E-state index in [1.54, 1.807) is 28.6 Å². The van der Waals surface area contributed by atoms with Gasteiger partial charge in [-0.25, -0.2) is 9.18 Å². The second-order valence-corrected chi connectivity index (χ2v) is 7.28. The Labute approximate surface area is 174 Å². The highest BCUT2D eigenvalue weighted by molar-refractivity contribution is 5.89. The van der Waals surface area contributed by atoms with Crippen LogP contribution in [-0.2, 0) is 6.42 Å². The van der Waals surface area contributed by atoms with Crippen molar-refractivity contribution in [2.75, 3.05) is 36.4 Å². The van der Waals surface area contributed by atoms with Gasteiger partial charge in [-0.05, 0) is 59.2 Å². The molecule has 1 fully saturated rings. The summed E-state index contributed by atoms with van der Waals surface area (Å²) in [6.07, 6.45) is 0.934. The smallest absolute Gasteiger partial charge is 0.321 e. The number of halogens is 1. The molecule has 1 aromatic heterocycles. The highest BCUT2D eigenvalue weighted by Crippen LogP contribution is 2.19. The van der Waals surface area contributed by atoms with Gasteiger partial charge in [0.25, 0.3) is 0 Å². The van der Waals surface area contributed by atoms with Gasteiger partial charge in [0.2, 0.25) is 5.95 Å². The van der Waals surface area contributed by atoms with Crippen LogP contribution in [0.25, 0.3) is 5.69 Å². The first-order valence-electron chi connectivity index (χ1n) is 10.00. The molecule has 0 unspecified atom stereocenters. The molecule has 1 N–H and O–H groups in total. The Bertz CT molecular complexity index is 1040. The lowest BCUT2D eigenvalue weighted by atomic mass is 10.1. The second-order valence-electron chi connectivity index (χ2n) is 7.28. The number of aryl methyl sites for hydroxylation is 2. The van der Waals surface area contributed by atoms with E-state index in [1.165, 1.54) is 11.6 Å². The number of benzene rings is 2. The number of nitrogens with one attached hydrogen (secondary N) is 1. The van der Waals surface area contributed by atoms with E-state index in [-0.39, 0.29) is 11.8 Å². The van der Waals surface area contributed by atoms with Gasteiger partial charge >= 0.3 is 6.03 Å². The van der Waals surface area contributed by atoms with Gasteiger partial charge in [-0.15, -0.1) is 0 Å². The molecule has 156 valence electrons. The van der Waals surface area contributed by atoms with Crippen molar-refractivity contribution in [1.82, 2.24) is 25.1 Å². The van der Waals surface area contributed by atoms with E-state index >= 15 is 0 Å². The number of rotatable bonds is 4. The molecule has 0 saturated carbocycles. The molecule has 0 spiro atoms. The number of tetrazole rings is 1. The fourth-order valence-electron chi connectivity index (χ4n) is 3.44. The fourth-order valence-corrected chi connectivity index (χ4v) is 3.44. The predicted octanol–water partition coefficient (Wildman–Crippen LogP) is 3.03. The maximum absolute atomic E-state index is 13.7. The van der Waals surface area contributed by atoms with Crippen LogP contribution in [0, 0.1) is 12.7 Å². The van der Waals surface area contributed by atoms with Crippen LogP contribution in [-0.4, -0.2) is 57.3 Å². The first-order valence-corrected chi connectivity index (χ1v) is 10.00. The third-order valence-electron chi connectivity index (χ3n) is 5.29. The Kier molecular flexibility index (Phi) is 5.60. The summed E-state index contributed by atoms with van der Waals surface area (Å²) in [7, 11) is 0. The van der Waals surface area contributed by atoms with Crippen molar-refractivity contribution >= 4 is 17.7 Å². The molecule has 0 radical (unpaired) electrons. The molecule has 1 aliphatic heterocycles. The van der Waals surface area contributed by atoms with Crippen LogP contribution in [0.5, 0.6) is 0 Å². The number of carbonyl (C=O) groups is 1. The Morgan fingerprint density at radius 2 is 1.93 bits per heavy atom. The van der Waals surface area contributed by atoms with Crippen LogP contribution in [0.1, 0.15) is 18.1 Å². The zero-order valence-electron chi connectivity index (χ0n) is 17.0. The first-order chi connectivity index (χ1) is 14.5. The van der Waals surface area contributed by atoms with E-state index in [4.69, 9.17) is 0 Å². The van der Waals surface area contributed by atoms with Gasteiger partial charge < -0.3 is 15.1 Å². The molecule has 2 amide bonds. The van der Waals surface area contributed by atoms with E-state index in [9.17, 15) is 9.18 Å². The lowest BCUT2D eigenvalue weighted by molar-refractivity contribution is 0.208. The van der Waals surface area contributed by atoms with Gasteiger partial charge in [0.1, 0.15) is 5.82 Å². The molecular formula is C21H24FN7O. The van der Waals surface area contributed by atoms with Crippen LogP contribution in [0.2, 0.25) is 0 Å². The van der Waals surface area contributed by atoms with Crippen molar-refractivity contribution in [2.24, 2.45) is 0 Å². The summed E-state index contributed by atoms with van der Waals surface area (Å²) >= 11 is 0. The first kappa shape index (κ1) is 19.8. The van der Waals surface area contributed by atoms with Crippen molar-refractivity contribution in [3.05, 3.63) is 59.4 Å². The number of anilines is 2. The third kappa shape index (κ3) is 4.10. The molecule has 1 aliphatic rings. The quantitative estimate of drug-likeness (QED) is 0.717. The number of piperazine rings is 1. The Hall–Kier alpha value is -3.49. The maximum atomic E-state index is 13.7. The van der Waals surface area contributed by atoms with Crippen molar-refractivity contribution in [3.8, 4) is 5.69 Å². The molecule has 30 heavy (non-hydrogen) atoms. The minimum atomic E-state index is -0.336. The van der Waals surface area contributed by atoms with E-state index in [2.05, 4.69) is 44.8 Å². The monoisotopic (exact) mass is 409 g/mol. The largest absolute Gasteiger partial charge is 0.336 e. The highest BCUT2D eigenvalue weighted by Gasteiger charge is 2.25.